The van der Waals surface area contributed by atoms with E-state index in [1.54, 1.807) is 0 Å². The Labute approximate surface area is 143 Å². The number of piperidine rings is 1. The van der Waals surface area contributed by atoms with Crippen molar-refractivity contribution in [2.24, 2.45) is 5.92 Å². The standard InChI is InChI=1S/C19H25FN4/c1-14-4-3-11-24(13-14)19-22-15(2)12-18(23-19)21-10-9-16-5-7-17(20)8-6-16/h5-8,12,14H,3-4,9-11,13H2,1-2H3,(H,21,22,23). The lowest BCUT2D eigenvalue weighted by Gasteiger charge is -2.31. The van der Waals surface area contributed by atoms with E-state index in [0.29, 0.717) is 5.92 Å². The zero-order valence-electron chi connectivity index (χ0n) is 14.4. The zero-order chi connectivity index (χ0) is 16.9. The maximum absolute atomic E-state index is 12.9. The van der Waals surface area contributed by atoms with Gasteiger partial charge in [0.15, 0.2) is 0 Å². The van der Waals surface area contributed by atoms with Crippen molar-refractivity contribution < 1.29 is 4.39 Å². The first-order valence-electron chi connectivity index (χ1n) is 8.69. The van der Waals surface area contributed by atoms with E-state index in [4.69, 9.17) is 0 Å². The highest BCUT2D eigenvalue weighted by molar-refractivity contribution is 5.44. The van der Waals surface area contributed by atoms with E-state index in [1.807, 2.05) is 25.1 Å². The SMILES string of the molecule is Cc1cc(NCCc2ccc(F)cc2)nc(N2CCCC(C)C2)n1. The van der Waals surface area contributed by atoms with Crippen LogP contribution in [0.3, 0.4) is 0 Å². The molecule has 2 heterocycles. The van der Waals surface area contributed by atoms with Crippen LogP contribution in [0, 0.1) is 18.7 Å². The predicted octanol–water partition coefficient (Wildman–Crippen LogP) is 3.82. The quantitative estimate of drug-likeness (QED) is 0.906. The molecule has 0 amide bonds. The number of hydrogen-bond acceptors (Lipinski definition) is 4. The average molecular weight is 328 g/mol. The van der Waals surface area contributed by atoms with Gasteiger partial charge in [-0.3, -0.25) is 0 Å². The number of nitrogens with one attached hydrogen (secondary N) is 1. The summed E-state index contributed by atoms with van der Waals surface area (Å²) < 4.78 is 12.9. The van der Waals surface area contributed by atoms with Gasteiger partial charge in [-0.15, -0.1) is 0 Å². The molecule has 1 atom stereocenters. The molecule has 3 rings (SSSR count). The molecule has 1 aliphatic heterocycles. The van der Waals surface area contributed by atoms with E-state index in [9.17, 15) is 4.39 Å². The van der Waals surface area contributed by atoms with E-state index in [-0.39, 0.29) is 5.82 Å². The molecular weight excluding hydrogens is 303 g/mol. The molecule has 1 aromatic heterocycles. The molecule has 0 bridgehead atoms. The lowest BCUT2D eigenvalue weighted by Crippen LogP contribution is -2.35. The first kappa shape index (κ1) is 16.7. The smallest absolute Gasteiger partial charge is 0.227 e. The Morgan fingerprint density at radius 3 is 2.79 bits per heavy atom. The molecule has 1 aliphatic rings. The molecule has 0 radical (unpaired) electrons. The summed E-state index contributed by atoms with van der Waals surface area (Å²) in [5, 5.41) is 3.37. The van der Waals surface area contributed by atoms with Gasteiger partial charge in [0.25, 0.3) is 0 Å². The summed E-state index contributed by atoms with van der Waals surface area (Å²) in [7, 11) is 0. The summed E-state index contributed by atoms with van der Waals surface area (Å²) in [6, 6.07) is 8.62. The van der Waals surface area contributed by atoms with Gasteiger partial charge in [-0.25, -0.2) is 9.37 Å². The van der Waals surface area contributed by atoms with E-state index in [1.165, 1.54) is 25.0 Å². The number of aryl methyl sites for hydroxylation is 1. The minimum Gasteiger partial charge on any atom is -0.370 e. The van der Waals surface area contributed by atoms with Gasteiger partial charge in [0.05, 0.1) is 0 Å². The van der Waals surface area contributed by atoms with E-state index in [0.717, 1.165) is 49.1 Å². The third-order valence-electron chi connectivity index (χ3n) is 4.42. The Morgan fingerprint density at radius 1 is 1.25 bits per heavy atom. The van der Waals surface area contributed by atoms with Gasteiger partial charge in [0, 0.05) is 31.4 Å². The second-order valence-corrected chi connectivity index (χ2v) is 6.69. The van der Waals surface area contributed by atoms with Gasteiger partial charge in [0.1, 0.15) is 11.6 Å². The second-order valence-electron chi connectivity index (χ2n) is 6.69. The number of anilines is 2. The van der Waals surface area contributed by atoms with Crippen LogP contribution >= 0.6 is 0 Å². The normalized spacial score (nSPS) is 17.8. The van der Waals surface area contributed by atoms with Crippen LogP contribution in [-0.4, -0.2) is 29.6 Å². The molecule has 5 heteroatoms. The number of hydrogen-bond donors (Lipinski definition) is 1. The number of nitrogens with zero attached hydrogens (tertiary/aromatic N) is 3. The molecular formula is C19H25FN4. The molecule has 0 aliphatic carbocycles. The number of halogens is 1. The van der Waals surface area contributed by atoms with Crippen molar-refractivity contribution in [3.63, 3.8) is 0 Å². The lowest BCUT2D eigenvalue weighted by atomic mass is 10.0. The van der Waals surface area contributed by atoms with E-state index >= 15 is 0 Å². The van der Waals surface area contributed by atoms with Crippen LogP contribution in [0.4, 0.5) is 16.2 Å². The minimum absolute atomic E-state index is 0.196. The zero-order valence-corrected chi connectivity index (χ0v) is 14.4. The first-order valence-corrected chi connectivity index (χ1v) is 8.69. The fourth-order valence-corrected chi connectivity index (χ4v) is 3.14. The summed E-state index contributed by atoms with van der Waals surface area (Å²) in [4.78, 5) is 11.6. The maximum Gasteiger partial charge on any atom is 0.227 e. The van der Waals surface area contributed by atoms with Crippen LogP contribution in [0.2, 0.25) is 0 Å². The molecule has 2 aromatic rings. The Kier molecular flexibility index (Phi) is 5.28. The molecule has 1 aromatic carbocycles. The number of aromatic nitrogens is 2. The van der Waals surface area contributed by atoms with Gasteiger partial charge < -0.3 is 10.2 Å². The van der Waals surface area contributed by atoms with Crippen LogP contribution in [0.1, 0.15) is 31.0 Å². The van der Waals surface area contributed by atoms with Gasteiger partial charge in [-0.2, -0.15) is 4.98 Å². The van der Waals surface area contributed by atoms with Crippen molar-refractivity contribution in [2.45, 2.75) is 33.1 Å². The summed E-state index contributed by atoms with van der Waals surface area (Å²) in [5.41, 5.74) is 2.09. The van der Waals surface area contributed by atoms with Crippen LogP contribution in [-0.2, 0) is 6.42 Å². The summed E-state index contributed by atoms with van der Waals surface area (Å²) in [5.74, 6) is 2.18. The van der Waals surface area contributed by atoms with Crippen molar-refractivity contribution in [3.05, 3.63) is 47.4 Å². The minimum atomic E-state index is -0.196. The molecule has 128 valence electrons. The van der Waals surface area contributed by atoms with Crippen LogP contribution in [0.5, 0.6) is 0 Å². The van der Waals surface area contributed by atoms with Crippen LogP contribution in [0.15, 0.2) is 30.3 Å². The predicted molar refractivity (Wildman–Crippen MR) is 96.0 cm³/mol. The number of benzene rings is 1. The van der Waals surface area contributed by atoms with Crippen molar-refractivity contribution in [2.75, 3.05) is 29.9 Å². The van der Waals surface area contributed by atoms with Crippen LogP contribution in [0.25, 0.3) is 0 Å². The fraction of sp³-hybridized carbons (Fsp3) is 0.474. The summed E-state index contributed by atoms with van der Waals surface area (Å²) in [6.45, 7) is 7.10. The first-order chi connectivity index (χ1) is 11.6. The Morgan fingerprint density at radius 2 is 2.04 bits per heavy atom. The highest BCUT2D eigenvalue weighted by atomic mass is 19.1. The van der Waals surface area contributed by atoms with Crippen LogP contribution < -0.4 is 10.2 Å². The Balaban J connectivity index is 1.62. The highest BCUT2D eigenvalue weighted by Gasteiger charge is 2.19. The molecule has 0 spiro atoms. The van der Waals surface area contributed by atoms with Crippen molar-refractivity contribution >= 4 is 11.8 Å². The topological polar surface area (TPSA) is 41.1 Å². The fourth-order valence-electron chi connectivity index (χ4n) is 3.14. The Hall–Kier alpha value is -2.17. The molecule has 24 heavy (non-hydrogen) atoms. The monoisotopic (exact) mass is 328 g/mol. The molecule has 1 N–H and O–H groups in total. The van der Waals surface area contributed by atoms with E-state index < -0.39 is 0 Å². The molecule has 4 nitrogen and oxygen atoms in total. The van der Waals surface area contributed by atoms with Crippen molar-refractivity contribution in [1.82, 2.24) is 9.97 Å². The van der Waals surface area contributed by atoms with E-state index in [2.05, 4.69) is 27.1 Å². The lowest BCUT2D eigenvalue weighted by molar-refractivity contribution is 0.442. The molecule has 1 fully saturated rings. The third-order valence-corrected chi connectivity index (χ3v) is 4.42. The third kappa shape index (κ3) is 4.43. The van der Waals surface area contributed by atoms with Crippen molar-refractivity contribution in [3.8, 4) is 0 Å². The number of rotatable bonds is 5. The summed E-state index contributed by atoms with van der Waals surface area (Å²) in [6.07, 6.45) is 3.32. The van der Waals surface area contributed by atoms with Gasteiger partial charge in [-0.05, 0) is 49.8 Å². The van der Waals surface area contributed by atoms with Gasteiger partial charge in [0.2, 0.25) is 5.95 Å². The average Bonchev–Trinajstić information content (AvgIpc) is 2.56. The second kappa shape index (κ2) is 7.60. The molecule has 1 unspecified atom stereocenters. The molecule has 0 saturated carbocycles. The Bertz CT molecular complexity index is 672. The molecule has 1 saturated heterocycles. The van der Waals surface area contributed by atoms with Gasteiger partial charge >= 0.3 is 0 Å². The maximum atomic E-state index is 12.9. The highest BCUT2D eigenvalue weighted by Crippen LogP contribution is 2.21. The van der Waals surface area contributed by atoms with Gasteiger partial charge in [-0.1, -0.05) is 19.1 Å². The van der Waals surface area contributed by atoms with Crippen molar-refractivity contribution in [1.29, 1.82) is 0 Å². The summed E-state index contributed by atoms with van der Waals surface area (Å²) >= 11 is 0. The largest absolute Gasteiger partial charge is 0.370 e.